The van der Waals surface area contributed by atoms with Crippen LogP contribution in [0.2, 0.25) is 5.02 Å². The number of amides is 2. The molecule has 2 N–H and O–H groups in total. The van der Waals surface area contributed by atoms with E-state index < -0.39 is 0 Å². The molecule has 1 aromatic carbocycles. The summed E-state index contributed by atoms with van der Waals surface area (Å²) >= 11 is 5.94. The quantitative estimate of drug-likeness (QED) is 0.876. The number of carbonyl (C=O) groups excluding carboxylic acids is 2. The monoisotopic (exact) mass is 349 g/mol. The van der Waals surface area contributed by atoms with E-state index in [-0.39, 0.29) is 30.3 Å². The normalized spacial score (nSPS) is 24.3. The van der Waals surface area contributed by atoms with Gasteiger partial charge in [-0.15, -0.1) is 0 Å². The van der Waals surface area contributed by atoms with E-state index in [0.29, 0.717) is 11.1 Å². The summed E-state index contributed by atoms with van der Waals surface area (Å²) in [6, 6.07) is 7.62. The second-order valence-electron chi connectivity index (χ2n) is 6.69. The molecule has 0 saturated carbocycles. The van der Waals surface area contributed by atoms with Crippen molar-refractivity contribution < 1.29 is 9.59 Å². The molecule has 3 atom stereocenters. The number of hydrogen-bond acceptors (Lipinski definition) is 3. The van der Waals surface area contributed by atoms with Crippen LogP contribution in [0, 0.1) is 0 Å². The van der Waals surface area contributed by atoms with Gasteiger partial charge in [-0.2, -0.15) is 0 Å². The van der Waals surface area contributed by atoms with Crippen molar-refractivity contribution >= 4 is 23.4 Å². The average Bonchev–Trinajstić information content (AvgIpc) is 2.80. The lowest BCUT2D eigenvalue weighted by Gasteiger charge is -2.30. The van der Waals surface area contributed by atoms with Crippen LogP contribution in [0.15, 0.2) is 24.3 Å². The molecule has 0 radical (unpaired) electrons. The van der Waals surface area contributed by atoms with Gasteiger partial charge in [0.25, 0.3) is 0 Å². The summed E-state index contributed by atoms with van der Waals surface area (Å²) in [6.07, 6.45) is 3.45. The molecule has 2 fully saturated rings. The van der Waals surface area contributed by atoms with E-state index in [4.69, 9.17) is 11.6 Å². The molecule has 3 rings (SSSR count). The van der Waals surface area contributed by atoms with E-state index in [2.05, 4.69) is 15.5 Å². The third-order valence-electron chi connectivity index (χ3n) is 4.97. The van der Waals surface area contributed by atoms with Gasteiger partial charge < -0.3 is 15.5 Å². The summed E-state index contributed by atoms with van der Waals surface area (Å²) in [4.78, 5) is 26.6. The topological polar surface area (TPSA) is 61.4 Å². The molecule has 0 aromatic heterocycles. The Balaban J connectivity index is 1.75. The second kappa shape index (κ2) is 7.53. The van der Waals surface area contributed by atoms with Gasteiger partial charge in [0.05, 0.1) is 12.5 Å². The van der Waals surface area contributed by atoms with Crippen molar-refractivity contribution in [3.05, 3.63) is 34.9 Å². The van der Waals surface area contributed by atoms with Gasteiger partial charge in [-0.1, -0.05) is 23.7 Å². The number of rotatable bonds is 4. The van der Waals surface area contributed by atoms with Gasteiger partial charge in [-0.3, -0.25) is 9.59 Å². The fourth-order valence-corrected chi connectivity index (χ4v) is 3.99. The first-order valence-corrected chi connectivity index (χ1v) is 8.97. The summed E-state index contributed by atoms with van der Waals surface area (Å²) in [5.41, 5.74) is 0.906. The van der Waals surface area contributed by atoms with Crippen LogP contribution in [0.5, 0.6) is 0 Å². The standard InChI is InChI=1S/C18H24ClN3O2/c1-12(23)21-17(13-2-4-14(19)5-3-13)10-18(24)22-15-6-7-16(22)11-20-9-8-15/h2-5,15-17,20H,6-11H2,1H3,(H,21,23). The van der Waals surface area contributed by atoms with Crippen molar-refractivity contribution in [1.82, 2.24) is 15.5 Å². The summed E-state index contributed by atoms with van der Waals surface area (Å²) in [7, 11) is 0. The lowest BCUT2D eigenvalue weighted by Crippen LogP contribution is -2.44. The molecular weight excluding hydrogens is 326 g/mol. The molecule has 24 heavy (non-hydrogen) atoms. The summed E-state index contributed by atoms with van der Waals surface area (Å²) < 4.78 is 0. The first-order valence-electron chi connectivity index (χ1n) is 8.59. The van der Waals surface area contributed by atoms with Gasteiger partial charge in [0.1, 0.15) is 0 Å². The highest BCUT2D eigenvalue weighted by atomic mass is 35.5. The molecule has 3 unspecified atom stereocenters. The zero-order valence-corrected chi connectivity index (χ0v) is 14.7. The molecule has 5 nitrogen and oxygen atoms in total. The molecule has 2 aliphatic heterocycles. The van der Waals surface area contributed by atoms with E-state index in [1.54, 1.807) is 12.1 Å². The van der Waals surface area contributed by atoms with Crippen LogP contribution in [0.4, 0.5) is 0 Å². The maximum atomic E-state index is 13.0. The minimum absolute atomic E-state index is 0.125. The largest absolute Gasteiger partial charge is 0.349 e. The van der Waals surface area contributed by atoms with E-state index in [1.165, 1.54) is 6.92 Å². The molecule has 2 saturated heterocycles. The molecule has 0 spiro atoms. The van der Waals surface area contributed by atoms with Crippen LogP contribution in [0.25, 0.3) is 0 Å². The van der Waals surface area contributed by atoms with Crippen molar-refractivity contribution in [3.8, 4) is 0 Å². The molecule has 0 aliphatic carbocycles. The maximum Gasteiger partial charge on any atom is 0.225 e. The molecule has 2 amide bonds. The van der Waals surface area contributed by atoms with Crippen molar-refractivity contribution in [2.75, 3.05) is 13.1 Å². The smallest absolute Gasteiger partial charge is 0.225 e. The Hall–Kier alpha value is -1.59. The summed E-state index contributed by atoms with van der Waals surface area (Å²) in [5.74, 6) is -0.0110. The highest BCUT2D eigenvalue weighted by molar-refractivity contribution is 6.30. The van der Waals surface area contributed by atoms with Crippen molar-refractivity contribution in [2.24, 2.45) is 0 Å². The fraction of sp³-hybridized carbons (Fsp3) is 0.556. The predicted octanol–water partition coefficient (Wildman–Crippen LogP) is 2.26. The van der Waals surface area contributed by atoms with Crippen LogP contribution in [-0.4, -0.2) is 41.9 Å². The molecule has 2 aliphatic rings. The molecular formula is C18H24ClN3O2. The van der Waals surface area contributed by atoms with E-state index >= 15 is 0 Å². The van der Waals surface area contributed by atoms with Gasteiger partial charge in [-0.05, 0) is 43.5 Å². The molecule has 2 bridgehead atoms. The zero-order valence-electron chi connectivity index (χ0n) is 13.9. The van der Waals surface area contributed by atoms with Crippen LogP contribution in [-0.2, 0) is 9.59 Å². The first kappa shape index (κ1) is 17.2. The van der Waals surface area contributed by atoms with E-state index in [0.717, 1.165) is 37.9 Å². The Morgan fingerprint density at radius 1 is 1.25 bits per heavy atom. The minimum Gasteiger partial charge on any atom is -0.349 e. The highest BCUT2D eigenvalue weighted by Crippen LogP contribution is 2.30. The number of nitrogens with zero attached hydrogens (tertiary/aromatic N) is 1. The Bertz CT molecular complexity index is 591. The number of nitrogens with one attached hydrogen (secondary N) is 2. The number of benzene rings is 1. The van der Waals surface area contributed by atoms with E-state index in [1.807, 2.05) is 12.1 Å². The highest BCUT2D eigenvalue weighted by Gasteiger charge is 2.38. The Labute approximate surface area is 147 Å². The Morgan fingerprint density at radius 2 is 1.96 bits per heavy atom. The number of hydrogen-bond donors (Lipinski definition) is 2. The average molecular weight is 350 g/mol. The maximum absolute atomic E-state index is 13.0. The van der Waals surface area contributed by atoms with Crippen molar-refractivity contribution in [2.45, 2.75) is 50.7 Å². The first-order chi connectivity index (χ1) is 11.5. The predicted molar refractivity (Wildman–Crippen MR) is 93.8 cm³/mol. The van der Waals surface area contributed by atoms with Gasteiger partial charge in [0.2, 0.25) is 11.8 Å². The van der Waals surface area contributed by atoms with Crippen molar-refractivity contribution in [3.63, 3.8) is 0 Å². The lowest BCUT2D eigenvalue weighted by atomic mass is 10.0. The van der Waals surface area contributed by atoms with E-state index in [9.17, 15) is 9.59 Å². The Morgan fingerprint density at radius 3 is 2.67 bits per heavy atom. The van der Waals surface area contributed by atoms with Crippen LogP contribution in [0.1, 0.15) is 44.2 Å². The SMILES string of the molecule is CC(=O)NC(CC(=O)N1C2CCNCC1CC2)c1ccc(Cl)cc1. The number of fused-ring (bicyclic) bond motifs is 2. The summed E-state index contributed by atoms with van der Waals surface area (Å²) in [6.45, 7) is 3.32. The second-order valence-corrected chi connectivity index (χ2v) is 7.12. The van der Waals surface area contributed by atoms with Gasteiger partial charge in [-0.25, -0.2) is 0 Å². The third-order valence-corrected chi connectivity index (χ3v) is 5.22. The minimum atomic E-state index is -0.317. The molecule has 2 heterocycles. The zero-order chi connectivity index (χ0) is 17.1. The van der Waals surface area contributed by atoms with Gasteiger partial charge in [0.15, 0.2) is 0 Å². The molecule has 6 heteroatoms. The van der Waals surface area contributed by atoms with Crippen LogP contribution in [0.3, 0.4) is 0 Å². The fourth-order valence-electron chi connectivity index (χ4n) is 3.86. The van der Waals surface area contributed by atoms with Crippen LogP contribution < -0.4 is 10.6 Å². The molecule has 1 aromatic rings. The lowest BCUT2D eigenvalue weighted by molar-refractivity contribution is -0.134. The van der Waals surface area contributed by atoms with Gasteiger partial charge in [0, 0.05) is 30.6 Å². The Kier molecular flexibility index (Phi) is 5.41. The van der Waals surface area contributed by atoms with Gasteiger partial charge >= 0.3 is 0 Å². The summed E-state index contributed by atoms with van der Waals surface area (Å²) in [5, 5.41) is 6.96. The molecule has 130 valence electrons. The van der Waals surface area contributed by atoms with Crippen LogP contribution >= 0.6 is 11.6 Å². The third kappa shape index (κ3) is 3.90. The van der Waals surface area contributed by atoms with Crippen molar-refractivity contribution in [1.29, 1.82) is 0 Å². The number of carbonyl (C=O) groups is 2. The number of halogens is 1.